The van der Waals surface area contributed by atoms with Crippen molar-refractivity contribution < 1.29 is 36.5 Å². The number of aromatic nitrogens is 3. The molecule has 316 valence electrons. The molecule has 7 rings (SSSR count). The van der Waals surface area contributed by atoms with E-state index in [2.05, 4.69) is 39.3 Å². The molecule has 2 fully saturated rings. The van der Waals surface area contributed by atoms with Crippen LogP contribution in [0.4, 0.5) is 17.6 Å². The van der Waals surface area contributed by atoms with Gasteiger partial charge in [-0.15, -0.1) is 0 Å². The molecule has 0 aliphatic carbocycles. The van der Waals surface area contributed by atoms with Gasteiger partial charge in [0.2, 0.25) is 0 Å². The van der Waals surface area contributed by atoms with Crippen molar-refractivity contribution in [2.75, 3.05) is 52.5 Å². The summed E-state index contributed by atoms with van der Waals surface area (Å²) in [7, 11) is 0. The maximum Gasteiger partial charge on any atom is 0.419 e. The van der Waals surface area contributed by atoms with Crippen molar-refractivity contribution in [1.82, 2.24) is 24.3 Å². The minimum atomic E-state index is -4.88. The summed E-state index contributed by atoms with van der Waals surface area (Å²) in [5.74, 6) is 1.11. The van der Waals surface area contributed by atoms with Gasteiger partial charge in [0.1, 0.15) is 60.0 Å². The molecular weight excluding hydrogens is 763 g/mol. The van der Waals surface area contributed by atoms with Crippen LogP contribution in [0.15, 0.2) is 72.9 Å². The molecule has 4 heterocycles. The summed E-state index contributed by atoms with van der Waals surface area (Å²) in [5, 5.41) is 0. The second-order valence-electron chi connectivity index (χ2n) is 15.5. The van der Waals surface area contributed by atoms with Crippen molar-refractivity contribution in [2.24, 2.45) is 0 Å². The van der Waals surface area contributed by atoms with E-state index in [0.717, 1.165) is 88.7 Å². The molecule has 2 aliphatic rings. The van der Waals surface area contributed by atoms with Crippen LogP contribution < -0.4 is 18.9 Å². The van der Waals surface area contributed by atoms with E-state index in [0.29, 0.717) is 53.4 Å². The summed E-state index contributed by atoms with van der Waals surface area (Å²) in [6.45, 7) is 11.5. The number of alkyl halides is 3. The molecule has 5 aromatic rings. The molecule has 0 saturated carbocycles. The van der Waals surface area contributed by atoms with Gasteiger partial charge < -0.3 is 23.5 Å². The Morgan fingerprint density at radius 1 is 0.729 bits per heavy atom. The second kappa shape index (κ2) is 19.9. The Balaban J connectivity index is 1.33. The average molecular weight is 818 g/mol. The second-order valence-corrected chi connectivity index (χ2v) is 15.5. The number of imidazole rings is 1. The van der Waals surface area contributed by atoms with E-state index in [1.54, 1.807) is 18.3 Å². The molecule has 9 nitrogen and oxygen atoms in total. The Hall–Kier alpha value is -4.88. The van der Waals surface area contributed by atoms with Crippen molar-refractivity contribution in [2.45, 2.75) is 90.5 Å². The van der Waals surface area contributed by atoms with Gasteiger partial charge >= 0.3 is 6.18 Å². The molecule has 0 bridgehead atoms. The largest absolute Gasteiger partial charge is 0.492 e. The van der Waals surface area contributed by atoms with Gasteiger partial charge in [0, 0.05) is 43.5 Å². The van der Waals surface area contributed by atoms with Crippen LogP contribution in [-0.2, 0) is 12.8 Å². The van der Waals surface area contributed by atoms with Crippen LogP contribution >= 0.6 is 0 Å². The number of benzene rings is 3. The smallest absolute Gasteiger partial charge is 0.419 e. The summed E-state index contributed by atoms with van der Waals surface area (Å²) in [6, 6.07) is 17.4. The van der Waals surface area contributed by atoms with Crippen molar-refractivity contribution in [1.29, 1.82) is 0 Å². The first-order chi connectivity index (χ1) is 28.7. The zero-order valence-corrected chi connectivity index (χ0v) is 34.1. The zero-order valence-electron chi connectivity index (χ0n) is 34.1. The summed E-state index contributed by atoms with van der Waals surface area (Å²) in [5.41, 5.74) is 1.55. The monoisotopic (exact) mass is 817 g/mol. The highest BCUT2D eigenvalue weighted by atomic mass is 19.4. The number of halogens is 4. The van der Waals surface area contributed by atoms with E-state index >= 15 is 0 Å². The van der Waals surface area contributed by atoms with E-state index in [4.69, 9.17) is 23.9 Å². The van der Waals surface area contributed by atoms with Gasteiger partial charge in [0.05, 0.1) is 22.3 Å². The first-order valence-corrected chi connectivity index (χ1v) is 21.2. The number of nitrogens with zero attached hydrogens (tertiary/aromatic N) is 5. The number of likely N-dealkylation sites (tertiary alicyclic amines) is 2. The Labute approximate surface area is 344 Å². The molecule has 0 radical (unpaired) electrons. The number of pyridine rings is 1. The quantitative estimate of drug-likeness (QED) is 0.0719. The van der Waals surface area contributed by atoms with Crippen LogP contribution in [0.3, 0.4) is 0 Å². The summed E-state index contributed by atoms with van der Waals surface area (Å²) in [6.07, 6.45) is 6.44. The highest BCUT2D eigenvalue weighted by Crippen LogP contribution is 2.43. The number of hydrogen-bond donors (Lipinski definition) is 0. The van der Waals surface area contributed by atoms with Gasteiger partial charge in [-0.2, -0.15) is 13.2 Å². The Kier molecular flexibility index (Phi) is 14.3. The van der Waals surface area contributed by atoms with Crippen molar-refractivity contribution >= 4 is 11.0 Å². The molecule has 0 amide bonds. The van der Waals surface area contributed by atoms with E-state index in [-0.39, 0.29) is 24.1 Å². The summed E-state index contributed by atoms with van der Waals surface area (Å²) in [4.78, 5) is 14.7. The molecular formula is C46H55F4N5O4. The van der Waals surface area contributed by atoms with Crippen LogP contribution in [0.1, 0.15) is 88.9 Å². The maximum absolute atomic E-state index is 14.2. The Morgan fingerprint density at radius 3 is 2.10 bits per heavy atom. The maximum atomic E-state index is 14.2. The number of fused-ring (bicyclic) bond motifs is 1. The van der Waals surface area contributed by atoms with Crippen LogP contribution in [0, 0.1) is 5.82 Å². The Morgan fingerprint density at radius 2 is 1.42 bits per heavy atom. The molecule has 2 aromatic heterocycles. The van der Waals surface area contributed by atoms with Crippen LogP contribution in [-0.4, -0.2) is 76.8 Å². The van der Waals surface area contributed by atoms with Crippen LogP contribution in [0.5, 0.6) is 28.7 Å². The van der Waals surface area contributed by atoms with Crippen LogP contribution in [0.2, 0.25) is 0 Å². The summed E-state index contributed by atoms with van der Waals surface area (Å²) >= 11 is 0. The molecule has 0 N–H and O–H groups in total. The topological polar surface area (TPSA) is 74.1 Å². The van der Waals surface area contributed by atoms with E-state index in [9.17, 15) is 17.6 Å². The summed E-state index contributed by atoms with van der Waals surface area (Å²) < 4.78 is 82.9. The van der Waals surface area contributed by atoms with Crippen molar-refractivity contribution in [3.8, 4) is 40.1 Å². The highest BCUT2D eigenvalue weighted by molar-refractivity contribution is 5.88. The number of ether oxygens (including phenoxy) is 4. The normalized spacial score (nSPS) is 15.6. The van der Waals surface area contributed by atoms with Gasteiger partial charge in [0.25, 0.3) is 0 Å². The minimum absolute atomic E-state index is 0.0804. The van der Waals surface area contributed by atoms with Gasteiger partial charge in [-0.3, -0.25) is 14.8 Å². The van der Waals surface area contributed by atoms with Gasteiger partial charge in [0.15, 0.2) is 5.75 Å². The third-order valence-electron chi connectivity index (χ3n) is 11.1. The first-order valence-electron chi connectivity index (χ1n) is 21.2. The number of unbranched alkanes of at least 4 members (excludes halogenated alkanes) is 1. The van der Waals surface area contributed by atoms with Crippen LogP contribution in [0.25, 0.3) is 22.4 Å². The minimum Gasteiger partial charge on any atom is -0.492 e. The molecule has 2 saturated heterocycles. The Bertz CT molecular complexity index is 2120. The zero-order chi connectivity index (χ0) is 41.2. The third-order valence-corrected chi connectivity index (χ3v) is 11.1. The number of rotatable bonds is 20. The molecule has 1 unspecified atom stereocenters. The predicted molar refractivity (Wildman–Crippen MR) is 221 cm³/mol. The van der Waals surface area contributed by atoms with Gasteiger partial charge in [-0.05, 0) is 107 Å². The fourth-order valence-corrected chi connectivity index (χ4v) is 8.08. The SMILES string of the molecule is CCCCC(CCC)n1c(-c2ccc(Oc3ccc(F)c(C(F)(F)F)c3)cc2OCc2ccccn2)nc2c(OCCN3CCCC3)cc(OCCN3CCCC3)cc21. The standard InChI is InChI=1S/C46H55F4N5O4/c1-3-5-14-34(12-4-2)55-41-29-37(56-26-24-53-20-8-9-21-53)31-43(57-27-25-54-22-10-11-23-54)44(41)52-45(55)38-17-15-36(30-42(38)58-32-33-13-6-7-19-51-33)59-35-16-18-40(47)39(28-35)46(48,49)50/h6-7,13,15-19,28-31,34H,3-5,8-12,14,20-27,32H2,1-2H3. The molecule has 59 heavy (non-hydrogen) atoms. The lowest BCUT2D eigenvalue weighted by Gasteiger charge is -2.23. The van der Waals surface area contributed by atoms with Crippen molar-refractivity contribution in [3.05, 3.63) is 90.0 Å². The molecule has 3 aromatic carbocycles. The van der Waals surface area contributed by atoms with E-state index in [1.165, 1.54) is 31.7 Å². The average Bonchev–Trinajstić information content (AvgIpc) is 4.02. The van der Waals surface area contributed by atoms with Gasteiger partial charge in [-0.1, -0.05) is 39.2 Å². The lowest BCUT2D eigenvalue weighted by atomic mass is 10.0. The molecule has 13 heteroatoms. The molecule has 2 aliphatic heterocycles. The fourth-order valence-electron chi connectivity index (χ4n) is 8.08. The number of hydrogen-bond acceptors (Lipinski definition) is 8. The lowest BCUT2D eigenvalue weighted by molar-refractivity contribution is -0.140. The lowest BCUT2D eigenvalue weighted by Crippen LogP contribution is -2.25. The van der Waals surface area contributed by atoms with Crippen molar-refractivity contribution in [3.63, 3.8) is 0 Å². The van der Waals surface area contributed by atoms with E-state index < -0.39 is 17.6 Å². The van der Waals surface area contributed by atoms with Gasteiger partial charge in [-0.25, -0.2) is 9.37 Å². The first kappa shape index (κ1) is 42.3. The fraction of sp³-hybridized carbons (Fsp3) is 0.478. The molecule has 1 atom stereocenters. The highest BCUT2D eigenvalue weighted by Gasteiger charge is 2.34. The predicted octanol–water partition coefficient (Wildman–Crippen LogP) is 11.1. The third kappa shape index (κ3) is 10.8. The molecule has 0 spiro atoms. The van der Waals surface area contributed by atoms with E-state index in [1.807, 2.05) is 30.3 Å².